The van der Waals surface area contributed by atoms with E-state index in [-0.39, 0.29) is 68.9 Å². The molecule has 0 heterocycles. The van der Waals surface area contributed by atoms with Crippen LogP contribution in [0.3, 0.4) is 0 Å². The number of guanidine groups is 2. The maximum atomic E-state index is 13.6. The van der Waals surface area contributed by atoms with Crippen LogP contribution >= 0.6 is 0 Å². The Hall–Kier alpha value is -5.82. The van der Waals surface area contributed by atoms with E-state index in [1.54, 1.807) is 0 Å². The number of nitrogens with zero attached hydrogens (tertiary/aromatic N) is 2. The molecule has 0 spiro atoms. The van der Waals surface area contributed by atoms with Crippen molar-refractivity contribution in [2.24, 2.45) is 50.5 Å². The molecular formula is C36H68N14O11. The molecule has 348 valence electrons. The molecule has 25 heteroatoms. The first-order valence-corrected chi connectivity index (χ1v) is 19.9. The Morgan fingerprint density at radius 3 is 1.48 bits per heavy atom. The molecule has 0 aromatic carbocycles. The molecule has 25 nitrogen and oxygen atoms in total. The molecule has 0 fully saturated rings. The molecule has 0 saturated heterocycles. The van der Waals surface area contributed by atoms with E-state index in [0.29, 0.717) is 6.42 Å². The average Bonchev–Trinajstić information content (AvgIpc) is 3.15. The summed E-state index contributed by atoms with van der Waals surface area (Å²) in [6, 6.07) is -9.37. The van der Waals surface area contributed by atoms with E-state index in [9.17, 15) is 53.7 Å². The highest BCUT2D eigenvalue weighted by Crippen LogP contribution is 2.09. The van der Waals surface area contributed by atoms with Gasteiger partial charge in [0.1, 0.15) is 36.3 Å². The number of nitrogens with two attached hydrogens (primary N) is 5. The number of nitrogens with one attached hydrogen (secondary N) is 7. The SMILES string of the molecule is CC(C)C[C@H](NC(=O)[C@@H](N)CC(C)C)C(=O)N[C@@H](CO)C(=O)N[C@@H](CCCN=C(N)N)C(=O)N[C@H](C(=O)NCC(=O)N[C@@H](CCCN=C(N)N)C(=O)N[C@@H](C)C(=O)O)[C@@H](C)O. The number of hydrogen-bond donors (Lipinski definition) is 15. The molecule has 0 aromatic heterocycles. The van der Waals surface area contributed by atoms with Crippen LogP contribution in [0.2, 0.25) is 0 Å². The lowest BCUT2D eigenvalue weighted by Crippen LogP contribution is -2.61. The van der Waals surface area contributed by atoms with Crippen LogP contribution in [0.15, 0.2) is 9.98 Å². The first kappa shape index (κ1) is 55.2. The fraction of sp³-hybridized carbons (Fsp3) is 0.722. The van der Waals surface area contributed by atoms with Crippen LogP contribution in [0, 0.1) is 11.8 Å². The molecule has 61 heavy (non-hydrogen) atoms. The summed E-state index contributed by atoms with van der Waals surface area (Å²) in [5.74, 6) is -7.96. The van der Waals surface area contributed by atoms with E-state index < -0.39 is 109 Å². The molecule has 20 N–H and O–H groups in total. The number of aliphatic imine (C=N–C) groups is 2. The number of aliphatic carboxylic acids is 1. The lowest BCUT2D eigenvalue weighted by molar-refractivity contribution is -0.141. The van der Waals surface area contributed by atoms with Crippen molar-refractivity contribution in [1.29, 1.82) is 0 Å². The van der Waals surface area contributed by atoms with E-state index in [0.717, 1.165) is 6.92 Å². The van der Waals surface area contributed by atoms with Gasteiger partial charge in [0, 0.05) is 13.1 Å². The maximum absolute atomic E-state index is 13.6. The second-order valence-corrected chi connectivity index (χ2v) is 15.3. The van der Waals surface area contributed by atoms with Crippen molar-refractivity contribution < 1.29 is 53.7 Å². The van der Waals surface area contributed by atoms with Gasteiger partial charge in [0.05, 0.1) is 25.3 Å². The van der Waals surface area contributed by atoms with Crippen molar-refractivity contribution in [3.05, 3.63) is 0 Å². The van der Waals surface area contributed by atoms with Gasteiger partial charge in [-0.25, -0.2) is 0 Å². The Morgan fingerprint density at radius 2 is 1.02 bits per heavy atom. The summed E-state index contributed by atoms with van der Waals surface area (Å²) in [7, 11) is 0. The molecule has 0 aliphatic rings. The van der Waals surface area contributed by atoms with Crippen LogP contribution in [0.5, 0.6) is 0 Å². The van der Waals surface area contributed by atoms with E-state index in [1.807, 2.05) is 27.7 Å². The highest BCUT2D eigenvalue weighted by molar-refractivity contribution is 5.97. The van der Waals surface area contributed by atoms with Gasteiger partial charge in [-0.1, -0.05) is 27.7 Å². The number of rotatable bonds is 29. The lowest BCUT2D eigenvalue weighted by Gasteiger charge is -2.27. The van der Waals surface area contributed by atoms with Gasteiger partial charge in [-0.3, -0.25) is 48.3 Å². The zero-order valence-electron chi connectivity index (χ0n) is 35.7. The minimum Gasteiger partial charge on any atom is -0.480 e. The summed E-state index contributed by atoms with van der Waals surface area (Å²) in [4.78, 5) is 111. The highest BCUT2D eigenvalue weighted by atomic mass is 16.4. The third kappa shape index (κ3) is 23.5. The molecule has 0 aliphatic carbocycles. The molecule has 0 unspecified atom stereocenters. The predicted molar refractivity (Wildman–Crippen MR) is 223 cm³/mol. The van der Waals surface area contributed by atoms with Crippen molar-refractivity contribution in [3.8, 4) is 0 Å². The molecular weight excluding hydrogens is 804 g/mol. The van der Waals surface area contributed by atoms with Gasteiger partial charge < -0.3 is 81.2 Å². The summed E-state index contributed by atoms with van der Waals surface area (Å²) >= 11 is 0. The number of carbonyl (C=O) groups excluding carboxylic acids is 7. The lowest BCUT2D eigenvalue weighted by atomic mass is 10.0. The standard InChI is InChI=1S/C36H68N14O11/c1-17(2)13-21(37)28(54)48-24(14-18(3)4)31(57)49-25(16-51)32(58)47-23(10-8-12-43-36(40)41)30(56)50-27(20(6)52)33(59)44-15-26(53)46-22(9-7-11-42-35(38)39)29(55)45-19(5)34(60)61/h17-25,27,51-52H,7-16,37H2,1-6H3,(H,44,59)(H,45,55)(H,46,53)(H,47,58)(H,48,54)(H,49,57)(H,50,56)(H,60,61)(H4,38,39,42)(H4,40,41,43)/t19-,20+,21-,22-,23-,24-,25-,27-/m0/s1. The van der Waals surface area contributed by atoms with Crippen LogP contribution in [-0.4, -0.2) is 149 Å². The zero-order valence-corrected chi connectivity index (χ0v) is 35.7. The number of carboxylic acid groups (broad SMARTS) is 1. The van der Waals surface area contributed by atoms with E-state index >= 15 is 0 Å². The Morgan fingerprint density at radius 1 is 0.574 bits per heavy atom. The fourth-order valence-corrected chi connectivity index (χ4v) is 5.44. The molecule has 0 radical (unpaired) electrons. The molecule has 0 bridgehead atoms. The number of aliphatic hydroxyl groups is 2. The predicted octanol–water partition coefficient (Wildman–Crippen LogP) is -5.98. The van der Waals surface area contributed by atoms with E-state index in [2.05, 4.69) is 47.2 Å². The second-order valence-electron chi connectivity index (χ2n) is 15.3. The van der Waals surface area contributed by atoms with E-state index in [4.69, 9.17) is 28.7 Å². The van der Waals surface area contributed by atoms with Gasteiger partial charge >= 0.3 is 5.97 Å². The van der Waals surface area contributed by atoms with Gasteiger partial charge in [-0.05, 0) is 64.2 Å². The largest absolute Gasteiger partial charge is 0.480 e. The Balaban J connectivity index is 6.04. The quantitative estimate of drug-likeness (QED) is 0.0189. The molecule has 0 rings (SSSR count). The van der Waals surface area contributed by atoms with E-state index in [1.165, 1.54) is 6.92 Å². The van der Waals surface area contributed by atoms with Crippen LogP contribution in [0.4, 0.5) is 0 Å². The summed E-state index contributed by atoms with van der Waals surface area (Å²) in [5.41, 5.74) is 27.4. The minimum atomic E-state index is -1.71. The van der Waals surface area contributed by atoms with Crippen molar-refractivity contribution in [2.45, 2.75) is 128 Å². The normalized spacial score (nSPS) is 14.9. The van der Waals surface area contributed by atoms with Crippen molar-refractivity contribution in [1.82, 2.24) is 37.2 Å². The van der Waals surface area contributed by atoms with Crippen LogP contribution in [-0.2, 0) is 38.4 Å². The number of aliphatic hydroxyl groups excluding tert-OH is 2. The topological polar surface area (TPSA) is 436 Å². The Bertz CT molecular complexity index is 1530. The maximum Gasteiger partial charge on any atom is 0.325 e. The third-order valence-electron chi connectivity index (χ3n) is 8.61. The monoisotopic (exact) mass is 873 g/mol. The summed E-state index contributed by atoms with van der Waals surface area (Å²) in [5, 5.41) is 46.3. The van der Waals surface area contributed by atoms with Crippen molar-refractivity contribution in [2.75, 3.05) is 26.2 Å². The first-order valence-electron chi connectivity index (χ1n) is 19.9. The zero-order chi connectivity index (χ0) is 47.0. The molecule has 0 saturated carbocycles. The number of carboxylic acids is 1. The van der Waals surface area contributed by atoms with Gasteiger partial charge in [-0.2, -0.15) is 0 Å². The van der Waals surface area contributed by atoms with Crippen LogP contribution in [0.1, 0.15) is 80.1 Å². The average molecular weight is 873 g/mol. The summed E-state index contributed by atoms with van der Waals surface area (Å²) in [6.07, 6.45) is -0.936. The van der Waals surface area contributed by atoms with Gasteiger partial charge in [0.25, 0.3) is 0 Å². The summed E-state index contributed by atoms with van der Waals surface area (Å²) < 4.78 is 0. The number of hydrogen-bond acceptors (Lipinski definition) is 13. The number of carbonyl (C=O) groups is 8. The fourth-order valence-electron chi connectivity index (χ4n) is 5.44. The molecule has 7 amide bonds. The third-order valence-corrected chi connectivity index (χ3v) is 8.61. The molecule has 8 atom stereocenters. The summed E-state index contributed by atoms with van der Waals surface area (Å²) in [6.45, 7) is 8.16. The van der Waals surface area contributed by atoms with Gasteiger partial charge in [0.15, 0.2) is 11.9 Å². The minimum absolute atomic E-state index is 0.00955. The van der Waals surface area contributed by atoms with Gasteiger partial charge in [0.2, 0.25) is 41.4 Å². The second kappa shape index (κ2) is 28.6. The van der Waals surface area contributed by atoms with Crippen LogP contribution < -0.4 is 65.9 Å². The van der Waals surface area contributed by atoms with Gasteiger partial charge in [-0.15, -0.1) is 0 Å². The Kier molecular flexibility index (Phi) is 25.9. The number of amides is 7. The highest BCUT2D eigenvalue weighted by Gasteiger charge is 2.33. The van der Waals surface area contributed by atoms with Crippen molar-refractivity contribution >= 4 is 59.2 Å². The van der Waals surface area contributed by atoms with Crippen LogP contribution in [0.25, 0.3) is 0 Å². The first-order chi connectivity index (χ1) is 28.4. The van der Waals surface area contributed by atoms with Crippen molar-refractivity contribution in [3.63, 3.8) is 0 Å². The Labute approximate surface area is 355 Å². The molecule has 0 aliphatic heterocycles. The smallest absolute Gasteiger partial charge is 0.325 e. The molecule has 0 aromatic rings.